The average molecular weight is 420 g/mol. The zero-order valence-electron chi connectivity index (χ0n) is 14.9. The third-order valence-corrected chi connectivity index (χ3v) is 4.76. The normalized spacial score (nSPS) is 13.0. The van der Waals surface area contributed by atoms with Gasteiger partial charge in [0.05, 0.1) is 11.3 Å². The minimum absolute atomic E-state index is 0.0477. The van der Waals surface area contributed by atoms with E-state index in [0.29, 0.717) is 31.4 Å². The minimum Gasteiger partial charge on any atom is -0.290 e. The lowest BCUT2D eigenvalue weighted by Gasteiger charge is -2.07. The van der Waals surface area contributed by atoms with E-state index in [1.54, 1.807) is 5.48 Å². The Balaban J connectivity index is 2.11. The fraction of sp³-hybridized carbons (Fsp3) is 0.438. The molecular formula is C16H19F3N4O4S. The van der Waals surface area contributed by atoms with Crippen LogP contribution in [-0.2, 0) is 22.4 Å². The summed E-state index contributed by atoms with van der Waals surface area (Å²) in [4.78, 5) is 3.94. The number of hydrogen-bond acceptors (Lipinski definition) is 7. The zero-order valence-corrected chi connectivity index (χ0v) is 15.7. The molecule has 1 heterocycles. The number of aryl methyl sites for hydroxylation is 1. The van der Waals surface area contributed by atoms with E-state index in [-0.39, 0.29) is 23.0 Å². The first-order valence-corrected chi connectivity index (χ1v) is 10.3. The molecule has 0 bridgehead atoms. The number of hydrogen-bond donors (Lipinski definition) is 2. The number of alkyl halides is 3. The first-order chi connectivity index (χ1) is 13.1. The van der Waals surface area contributed by atoms with E-state index in [1.165, 1.54) is 12.1 Å². The van der Waals surface area contributed by atoms with Gasteiger partial charge < -0.3 is 0 Å². The Hall–Kier alpha value is -2.47. The van der Waals surface area contributed by atoms with Crippen LogP contribution in [0.15, 0.2) is 33.9 Å². The number of benzene rings is 1. The molecule has 0 atom stereocenters. The van der Waals surface area contributed by atoms with Crippen molar-refractivity contribution in [2.45, 2.75) is 31.9 Å². The summed E-state index contributed by atoms with van der Waals surface area (Å²) in [6.07, 6.45) is -1.30. The standard InChI is InChI=1S/C16H19F3N4O4S/c1-28(25,26)9-4-2-3-8-13-14(23-27-22-13)15(21-24)20-12-7-5-6-11(10-12)16(17,18)19/h5-7,10,24H,2-4,8-9H2,1H3,(H,20,21). The molecule has 2 N–H and O–H groups in total. The number of rotatable bonds is 8. The highest BCUT2D eigenvalue weighted by Crippen LogP contribution is 2.31. The molecule has 28 heavy (non-hydrogen) atoms. The molecule has 0 amide bonds. The fourth-order valence-electron chi connectivity index (χ4n) is 2.40. The molecular weight excluding hydrogens is 401 g/mol. The average Bonchev–Trinajstić information content (AvgIpc) is 3.06. The third kappa shape index (κ3) is 6.60. The molecule has 0 saturated carbocycles. The fourth-order valence-corrected chi connectivity index (χ4v) is 3.12. The quantitative estimate of drug-likeness (QED) is 0.292. The Morgan fingerprint density at radius 3 is 2.64 bits per heavy atom. The highest BCUT2D eigenvalue weighted by Gasteiger charge is 2.30. The molecule has 0 aliphatic carbocycles. The van der Waals surface area contributed by atoms with Crippen molar-refractivity contribution in [1.82, 2.24) is 15.8 Å². The van der Waals surface area contributed by atoms with Crippen molar-refractivity contribution in [1.29, 1.82) is 0 Å². The van der Waals surface area contributed by atoms with Gasteiger partial charge in [0.2, 0.25) is 0 Å². The molecule has 2 aromatic rings. The molecule has 12 heteroatoms. The number of aliphatic imine (C=N–C) groups is 1. The van der Waals surface area contributed by atoms with E-state index in [4.69, 9.17) is 0 Å². The van der Waals surface area contributed by atoms with Gasteiger partial charge in [-0.05, 0) is 42.6 Å². The molecule has 0 radical (unpaired) electrons. The van der Waals surface area contributed by atoms with Crippen LogP contribution in [0.3, 0.4) is 0 Å². The molecule has 0 aliphatic rings. The summed E-state index contributed by atoms with van der Waals surface area (Å²) >= 11 is 0. The maximum Gasteiger partial charge on any atom is 0.416 e. The maximum atomic E-state index is 12.8. The Kier molecular flexibility index (Phi) is 7.13. The van der Waals surface area contributed by atoms with E-state index in [1.807, 2.05) is 0 Å². The maximum absolute atomic E-state index is 12.8. The van der Waals surface area contributed by atoms with Crippen molar-refractivity contribution in [3.8, 4) is 0 Å². The lowest BCUT2D eigenvalue weighted by molar-refractivity contribution is -0.137. The largest absolute Gasteiger partial charge is 0.416 e. The molecule has 0 saturated heterocycles. The lowest BCUT2D eigenvalue weighted by atomic mass is 10.1. The summed E-state index contributed by atoms with van der Waals surface area (Å²) in [6.45, 7) is 0. The number of amidine groups is 1. The van der Waals surface area contributed by atoms with Crippen molar-refractivity contribution in [2.75, 3.05) is 12.0 Å². The molecule has 0 aliphatic heterocycles. The van der Waals surface area contributed by atoms with Crippen molar-refractivity contribution < 1.29 is 31.4 Å². The van der Waals surface area contributed by atoms with Crippen LogP contribution in [0.2, 0.25) is 0 Å². The van der Waals surface area contributed by atoms with E-state index >= 15 is 0 Å². The summed E-state index contributed by atoms with van der Waals surface area (Å²) in [7, 11) is -3.02. The summed E-state index contributed by atoms with van der Waals surface area (Å²) in [5.74, 6) is -0.135. The van der Waals surface area contributed by atoms with Crippen molar-refractivity contribution in [3.63, 3.8) is 0 Å². The predicted molar refractivity (Wildman–Crippen MR) is 94.1 cm³/mol. The third-order valence-electron chi connectivity index (χ3n) is 3.73. The van der Waals surface area contributed by atoms with Crippen LogP contribution in [0.1, 0.15) is 36.2 Å². The Morgan fingerprint density at radius 1 is 1.25 bits per heavy atom. The van der Waals surface area contributed by atoms with Crippen molar-refractivity contribution in [3.05, 3.63) is 41.2 Å². The number of nitrogens with one attached hydrogen (secondary N) is 1. The van der Waals surface area contributed by atoms with Gasteiger partial charge in [0.15, 0.2) is 11.5 Å². The predicted octanol–water partition coefficient (Wildman–Crippen LogP) is 2.90. The Morgan fingerprint density at radius 2 is 2.00 bits per heavy atom. The highest BCUT2D eigenvalue weighted by atomic mass is 32.2. The summed E-state index contributed by atoms with van der Waals surface area (Å²) in [5, 5.41) is 16.7. The number of sulfone groups is 1. The van der Waals surface area contributed by atoms with Crippen LogP contribution >= 0.6 is 0 Å². The van der Waals surface area contributed by atoms with Gasteiger partial charge in [0.25, 0.3) is 0 Å². The highest BCUT2D eigenvalue weighted by molar-refractivity contribution is 7.90. The monoisotopic (exact) mass is 420 g/mol. The van der Waals surface area contributed by atoms with Crippen LogP contribution in [0.4, 0.5) is 18.9 Å². The molecule has 0 unspecified atom stereocenters. The van der Waals surface area contributed by atoms with E-state index in [2.05, 4.69) is 19.9 Å². The zero-order chi connectivity index (χ0) is 20.8. The topological polar surface area (TPSA) is 118 Å². The van der Waals surface area contributed by atoms with Gasteiger partial charge in [-0.2, -0.15) is 13.2 Å². The van der Waals surface area contributed by atoms with Crippen LogP contribution in [0, 0.1) is 0 Å². The van der Waals surface area contributed by atoms with Gasteiger partial charge in [0, 0.05) is 12.0 Å². The first-order valence-electron chi connectivity index (χ1n) is 8.26. The lowest BCUT2D eigenvalue weighted by Crippen LogP contribution is -2.22. The second-order valence-corrected chi connectivity index (χ2v) is 8.38. The molecule has 2 rings (SSSR count). The smallest absolute Gasteiger partial charge is 0.290 e. The number of halogens is 3. The van der Waals surface area contributed by atoms with E-state index in [0.717, 1.165) is 18.4 Å². The van der Waals surface area contributed by atoms with Gasteiger partial charge in [-0.15, -0.1) is 0 Å². The SMILES string of the molecule is CS(=O)(=O)CCCCCc1nonc1C(=Nc1cccc(C(F)(F)F)c1)NO. The molecule has 0 spiro atoms. The summed E-state index contributed by atoms with van der Waals surface area (Å²) in [5.41, 5.74) is 1.27. The van der Waals surface area contributed by atoms with Crippen molar-refractivity contribution >= 4 is 21.4 Å². The Bertz CT molecular complexity index is 926. The summed E-state index contributed by atoms with van der Waals surface area (Å²) in [6, 6.07) is 4.27. The van der Waals surface area contributed by atoms with Crippen LogP contribution in [0.25, 0.3) is 0 Å². The molecule has 8 nitrogen and oxygen atoms in total. The molecule has 0 fully saturated rings. The number of aromatic nitrogens is 2. The molecule has 1 aromatic carbocycles. The molecule has 1 aromatic heterocycles. The number of unbranched alkanes of at least 4 members (excludes halogenated alkanes) is 2. The molecule has 154 valence electrons. The number of hydroxylamine groups is 1. The van der Waals surface area contributed by atoms with Crippen LogP contribution in [-0.4, -0.2) is 41.8 Å². The van der Waals surface area contributed by atoms with E-state index in [9.17, 15) is 26.8 Å². The second kappa shape index (κ2) is 9.15. The van der Waals surface area contributed by atoms with Crippen LogP contribution in [0.5, 0.6) is 0 Å². The van der Waals surface area contributed by atoms with Gasteiger partial charge in [-0.25, -0.2) is 18.0 Å². The van der Waals surface area contributed by atoms with Gasteiger partial charge in [0.1, 0.15) is 15.5 Å². The van der Waals surface area contributed by atoms with Crippen LogP contribution < -0.4 is 5.48 Å². The van der Waals surface area contributed by atoms with Gasteiger partial charge in [-0.3, -0.25) is 10.7 Å². The Labute approximate surface area is 159 Å². The summed E-state index contributed by atoms with van der Waals surface area (Å²) < 4.78 is 65.3. The minimum atomic E-state index is -4.52. The second-order valence-electron chi connectivity index (χ2n) is 6.12. The van der Waals surface area contributed by atoms with Gasteiger partial charge >= 0.3 is 6.18 Å². The van der Waals surface area contributed by atoms with Gasteiger partial charge in [-0.1, -0.05) is 17.6 Å². The van der Waals surface area contributed by atoms with E-state index < -0.39 is 21.6 Å². The van der Waals surface area contributed by atoms with Crippen molar-refractivity contribution in [2.24, 2.45) is 4.99 Å². The first kappa shape index (κ1) is 21.8. The number of nitrogens with zero attached hydrogens (tertiary/aromatic N) is 3.